The second kappa shape index (κ2) is 4.05. The van der Waals surface area contributed by atoms with E-state index in [9.17, 15) is 9.59 Å². The molecule has 0 atom stereocenters. The second-order valence-electron chi connectivity index (χ2n) is 5.39. The molecule has 92 valence electrons. The van der Waals surface area contributed by atoms with Gasteiger partial charge in [0.1, 0.15) is 0 Å². The highest BCUT2D eigenvalue weighted by Crippen LogP contribution is 2.62. The summed E-state index contributed by atoms with van der Waals surface area (Å²) in [4.78, 5) is 22.8. The van der Waals surface area contributed by atoms with E-state index < -0.39 is 11.8 Å². The maximum Gasteiger partial charge on any atom is 0.309 e. The first-order chi connectivity index (χ1) is 7.25. The molecule has 5 heteroatoms. The minimum Gasteiger partial charge on any atom is -0.347 e. The minimum atomic E-state index is -0.607. The van der Waals surface area contributed by atoms with Crippen molar-refractivity contribution in [2.24, 2.45) is 16.6 Å². The fraction of sp³-hybridized carbons (Fsp3) is 0.818. The van der Waals surface area contributed by atoms with Crippen LogP contribution in [-0.4, -0.2) is 30.9 Å². The van der Waals surface area contributed by atoms with Gasteiger partial charge in [0.25, 0.3) is 0 Å². The normalized spacial score (nSPS) is 21.3. The molecule has 1 saturated carbocycles. The number of nitrogens with two attached hydrogens (primary N) is 1. The van der Waals surface area contributed by atoms with E-state index in [1.165, 1.54) is 0 Å². The predicted octanol–water partition coefficient (Wildman–Crippen LogP) is -0.388. The number of carbonyl (C=O) groups is 2. The van der Waals surface area contributed by atoms with Crippen LogP contribution in [0, 0.1) is 10.8 Å². The molecule has 0 aliphatic heterocycles. The molecule has 1 aliphatic carbocycles. The van der Waals surface area contributed by atoms with E-state index in [2.05, 4.69) is 38.3 Å². The number of rotatable bonds is 3. The summed E-state index contributed by atoms with van der Waals surface area (Å²) in [5.74, 6) is -1.18. The van der Waals surface area contributed by atoms with E-state index in [-0.39, 0.29) is 16.9 Å². The first kappa shape index (κ1) is 13.0. The van der Waals surface area contributed by atoms with Gasteiger partial charge in [-0.3, -0.25) is 9.59 Å². The number of carbonyl (C=O) groups excluding carboxylic acids is 2. The molecule has 0 saturated heterocycles. The summed E-state index contributed by atoms with van der Waals surface area (Å²) in [5, 5.41) is 5.20. The highest BCUT2D eigenvalue weighted by molar-refractivity contribution is 6.35. The Hall–Kier alpha value is -1.10. The summed E-state index contributed by atoms with van der Waals surface area (Å²) >= 11 is 0. The van der Waals surface area contributed by atoms with Gasteiger partial charge in [-0.25, -0.2) is 0 Å². The number of nitrogens with one attached hydrogen (secondary N) is 2. The Bertz CT molecular complexity index is 296. The van der Waals surface area contributed by atoms with Crippen LogP contribution in [0.5, 0.6) is 0 Å². The molecule has 0 radical (unpaired) electrons. The van der Waals surface area contributed by atoms with E-state index in [1.807, 2.05) is 0 Å². The van der Waals surface area contributed by atoms with E-state index in [0.29, 0.717) is 13.1 Å². The van der Waals surface area contributed by atoms with Crippen molar-refractivity contribution in [2.45, 2.75) is 33.7 Å². The highest BCUT2D eigenvalue weighted by Gasteiger charge is 2.65. The number of amides is 2. The van der Waals surface area contributed by atoms with Crippen molar-refractivity contribution in [1.29, 1.82) is 0 Å². The Morgan fingerprint density at radius 1 is 1.12 bits per heavy atom. The second-order valence-corrected chi connectivity index (χ2v) is 5.39. The number of hydrogen-bond acceptors (Lipinski definition) is 3. The summed E-state index contributed by atoms with van der Waals surface area (Å²) in [6.45, 7) is 8.97. The van der Waals surface area contributed by atoms with Gasteiger partial charge in [0, 0.05) is 19.1 Å². The Morgan fingerprint density at radius 2 is 1.62 bits per heavy atom. The van der Waals surface area contributed by atoms with Crippen molar-refractivity contribution < 1.29 is 9.59 Å². The minimum absolute atomic E-state index is 0.0385. The molecule has 1 fully saturated rings. The Morgan fingerprint density at radius 3 is 2.00 bits per heavy atom. The fourth-order valence-corrected chi connectivity index (χ4v) is 2.02. The largest absolute Gasteiger partial charge is 0.347 e. The van der Waals surface area contributed by atoms with Gasteiger partial charge in [-0.1, -0.05) is 27.7 Å². The molecule has 16 heavy (non-hydrogen) atoms. The van der Waals surface area contributed by atoms with Crippen LogP contribution in [0.1, 0.15) is 27.7 Å². The zero-order valence-corrected chi connectivity index (χ0v) is 10.4. The van der Waals surface area contributed by atoms with Gasteiger partial charge in [-0.2, -0.15) is 0 Å². The van der Waals surface area contributed by atoms with Crippen LogP contribution < -0.4 is 16.4 Å². The van der Waals surface area contributed by atoms with Gasteiger partial charge in [-0.05, 0) is 10.8 Å². The van der Waals surface area contributed by atoms with Crippen LogP contribution in [0.15, 0.2) is 0 Å². The summed E-state index contributed by atoms with van der Waals surface area (Å²) in [6.07, 6.45) is 0. The molecule has 5 nitrogen and oxygen atoms in total. The van der Waals surface area contributed by atoms with Crippen molar-refractivity contribution in [1.82, 2.24) is 10.6 Å². The maximum atomic E-state index is 11.5. The van der Waals surface area contributed by atoms with Crippen LogP contribution in [0.2, 0.25) is 0 Å². The molecular formula is C11H21N3O2. The summed E-state index contributed by atoms with van der Waals surface area (Å²) < 4.78 is 0. The molecule has 0 bridgehead atoms. The zero-order chi connectivity index (χ0) is 12.6. The van der Waals surface area contributed by atoms with Crippen molar-refractivity contribution in [3.8, 4) is 0 Å². The van der Waals surface area contributed by atoms with Crippen LogP contribution >= 0.6 is 0 Å². The van der Waals surface area contributed by atoms with Gasteiger partial charge < -0.3 is 16.4 Å². The fourth-order valence-electron chi connectivity index (χ4n) is 2.02. The Balaban J connectivity index is 2.46. The quantitative estimate of drug-likeness (QED) is 0.574. The predicted molar refractivity (Wildman–Crippen MR) is 61.6 cm³/mol. The zero-order valence-electron chi connectivity index (χ0n) is 10.4. The summed E-state index contributed by atoms with van der Waals surface area (Å²) in [6, 6.07) is 0.0520. The molecule has 2 amide bonds. The van der Waals surface area contributed by atoms with E-state index in [4.69, 9.17) is 5.73 Å². The van der Waals surface area contributed by atoms with Crippen LogP contribution in [0.4, 0.5) is 0 Å². The van der Waals surface area contributed by atoms with Crippen molar-refractivity contribution >= 4 is 11.8 Å². The first-order valence-corrected chi connectivity index (χ1v) is 5.54. The van der Waals surface area contributed by atoms with Crippen LogP contribution in [0.25, 0.3) is 0 Å². The first-order valence-electron chi connectivity index (χ1n) is 5.54. The molecule has 0 unspecified atom stereocenters. The van der Waals surface area contributed by atoms with Gasteiger partial charge in [0.2, 0.25) is 0 Å². The molecule has 0 aromatic heterocycles. The monoisotopic (exact) mass is 227 g/mol. The van der Waals surface area contributed by atoms with Gasteiger partial charge >= 0.3 is 11.8 Å². The lowest BCUT2D eigenvalue weighted by atomic mass is 10.0. The van der Waals surface area contributed by atoms with Gasteiger partial charge in [-0.15, -0.1) is 0 Å². The maximum absolute atomic E-state index is 11.5. The Kier molecular flexibility index (Phi) is 3.28. The van der Waals surface area contributed by atoms with Crippen LogP contribution in [-0.2, 0) is 9.59 Å². The van der Waals surface area contributed by atoms with Crippen molar-refractivity contribution in [2.75, 3.05) is 13.1 Å². The topological polar surface area (TPSA) is 84.2 Å². The lowest BCUT2D eigenvalue weighted by molar-refractivity contribution is -0.139. The lowest BCUT2D eigenvalue weighted by Gasteiger charge is -2.06. The smallest absolute Gasteiger partial charge is 0.309 e. The van der Waals surface area contributed by atoms with E-state index >= 15 is 0 Å². The molecule has 4 N–H and O–H groups in total. The third-order valence-corrected chi connectivity index (χ3v) is 3.93. The van der Waals surface area contributed by atoms with Gasteiger partial charge in [0.15, 0.2) is 0 Å². The third kappa shape index (κ3) is 2.04. The van der Waals surface area contributed by atoms with E-state index in [0.717, 1.165) is 0 Å². The molecule has 0 aromatic rings. The summed E-state index contributed by atoms with van der Waals surface area (Å²) in [5.41, 5.74) is 5.31. The molecule has 1 aliphatic rings. The lowest BCUT2D eigenvalue weighted by Crippen LogP contribution is -2.43. The molecular weight excluding hydrogens is 206 g/mol. The van der Waals surface area contributed by atoms with Crippen LogP contribution in [0.3, 0.4) is 0 Å². The average Bonchev–Trinajstić information content (AvgIpc) is 2.57. The van der Waals surface area contributed by atoms with E-state index in [1.54, 1.807) is 0 Å². The standard InChI is InChI=1S/C11H21N3O2/c1-10(2)9(11(10,3)4)14-8(16)7(15)13-6-5-12/h9H,5-6,12H2,1-4H3,(H,13,15)(H,14,16). The molecule has 1 rings (SSSR count). The van der Waals surface area contributed by atoms with Crippen molar-refractivity contribution in [3.05, 3.63) is 0 Å². The highest BCUT2D eigenvalue weighted by atomic mass is 16.2. The average molecular weight is 227 g/mol. The molecule has 0 spiro atoms. The number of hydrogen-bond donors (Lipinski definition) is 3. The van der Waals surface area contributed by atoms with Gasteiger partial charge in [0.05, 0.1) is 0 Å². The third-order valence-electron chi connectivity index (χ3n) is 3.93. The molecule has 0 aromatic carbocycles. The van der Waals surface area contributed by atoms with Crippen molar-refractivity contribution in [3.63, 3.8) is 0 Å². The molecule has 0 heterocycles. The summed E-state index contributed by atoms with van der Waals surface area (Å²) in [7, 11) is 0. The Labute approximate surface area is 96.1 Å². The SMILES string of the molecule is CC1(C)C(NC(=O)C(=O)NCCN)C1(C)C.